The van der Waals surface area contributed by atoms with E-state index in [4.69, 9.17) is 18.9 Å². The van der Waals surface area contributed by atoms with Crippen LogP contribution in [0, 0.1) is 0 Å². The molecule has 0 bridgehead atoms. The minimum atomic E-state index is -1.23. The van der Waals surface area contributed by atoms with Crippen LogP contribution in [-0.4, -0.2) is 48.3 Å². The van der Waals surface area contributed by atoms with Gasteiger partial charge in [-0.2, -0.15) is 0 Å². The van der Waals surface area contributed by atoms with Crippen LogP contribution in [0.2, 0.25) is 0 Å². The van der Waals surface area contributed by atoms with Crippen molar-refractivity contribution in [2.24, 2.45) is 0 Å². The van der Waals surface area contributed by atoms with E-state index in [2.05, 4.69) is 0 Å². The first-order chi connectivity index (χ1) is 9.22. The van der Waals surface area contributed by atoms with Crippen molar-refractivity contribution in [3.63, 3.8) is 0 Å². The third-order valence-electron chi connectivity index (χ3n) is 2.50. The molecule has 1 aliphatic rings. The van der Waals surface area contributed by atoms with Gasteiger partial charge < -0.3 is 18.9 Å². The van der Waals surface area contributed by atoms with E-state index in [-0.39, 0.29) is 0 Å². The van der Waals surface area contributed by atoms with Gasteiger partial charge in [-0.3, -0.25) is 0 Å². The second-order valence-electron chi connectivity index (χ2n) is 4.32. The Morgan fingerprint density at radius 3 is 0.800 bits per heavy atom. The largest absolute Gasteiger partial charge is 0.448 e. The Bertz CT molecular complexity index is 349. The Morgan fingerprint density at radius 2 is 0.650 bits per heavy atom. The minimum Gasteiger partial charge on any atom is -0.448 e. The van der Waals surface area contributed by atoms with Gasteiger partial charge in [0.1, 0.15) is 0 Å². The van der Waals surface area contributed by atoms with Gasteiger partial charge in [0.15, 0.2) is 24.4 Å². The molecule has 1 saturated heterocycles. The molecule has 0 spiro atoms. The zero-order chi connectivity index (χ0) is 15.4. The van der Waals surface area contributed by atoms with Gasteiger partial charge in [-0.15, -0.1) is 0 Å². The number of cyclic esters (lactones) is 4. The normalized spacial score (nSPS) is 33.0. The maximum Gasteiger partial charge on any atom is 0.347 e. The summed E-state index contributed by atoms with van der Waals surface area (Å²) < 4.78 is 19.1. The first-order valence-corrected chi connectivity index (χ1v) is 6.04. The summed E-state index contributed by atoms with van der Waals surface area (Å²) in [5.41, 5.74) is 0. The molecule has 1 fully saturated rings. The Morgan fingerprint density at radius 1 is 0.500 bits per heavy atom. The summed E-state index contributed by atoms with van der Waals surface area (Å²) >= 11 is 0. The molecule has 1 aliphatic heterocycles. The van der Waals surface area contributed by atoms with Crippen LogP contribution in [0.1, 0.15) is 27.7 Å². The standard InChI is InChI=1S/C12H16O8/c1-5-9(13)18-7(3)11(15)20-8(4)12(16)19-6(2)10(14)17-5/h5-8H,1-4H3/t5-,6-,7-,8-/m0/s1. The number of hydrogen-bond acceptors (Lipinski definition) is 8. The fourth-order valence-electron chi connectivity index (χ4n) is 1.27. The van der Waals surface area contributed by atoms with Gasteiger partial charge in [0.2, 0.25) is 0 Å². The average Bonchev–Trinajstić information content (AvgIpc) is 2.36. The van der Waals surface area contributed by atoms with Crippen molar-refractivity contribution >= 4 is 23.9 Å². The molecule has 1 rings (SSSR count). The van der Waals surface area contributed by atoms with Gasteiger partial charge >= 0.3 is 23.9 Å². The van der Waals surface area contributed by atoms with E-state index >= 15 is 0 Å². The predicted molar refractivity (Wildman–Crippen MR) is 62.2 cm³/mol. The molecule has 0 aromatic heterocycles. The maximum absolute atomic E-state index is 11.6. The lowest BCUT2D eigenvalue weighted by atomic mass is 10.3. The average molecular weight is 288 g/mol. The lowest BCUT2D eigenvalue weighted by molar-refractivity contribution is -0.191. The van der Waals surface area contributed by atoms with E-state index in [9.17, 15) is 19.2 Å². The first kappa shape index (κ1) is 15.9. The zero-order valence-corrected chi connectivity index (χ0v) is 11.6. The van der Waals surface area contributed by atoms with Crippen molar-refractivity contribution < 1.29 is 38.1 Å². The van der Waals surface area contributed by atoms with E-state index in [1.54, 1.807) is 0 Å². The fraction of sp³-hybridized carbons (Fsp3) is 0.667. The molecule has 0 aliphatic carbocycles. The molecule has 0 radical (unpaired) electrons. The molecule has 8 nitrogen and oxygen atoms in total. The molecule has 20 heavy (non-hydrogen) atoms. The smallest absolute Gasteiger partial charge is 0.347 e. The highest BCUT2D eigenvalue weighted by Crippen LogP contribution is 2.09. The zero-order valence-electron chi connectivity index (χ0n) is 11.6. The number of carbonyl (C=O) groups excluding carboxylic acids is 4. The molecule has 0 amide bonds. The quantitative estimate of drug-likeness (QED) is 0.443. The predicted octanol–water partition coefficient (Wildman–Crippen LogP) is -0.273. The molecular formula is C12H16O8. The van der Waals surface area contributed by atoms with Crippen molar-refractivity contribution in [2.75, 3.05) is 0 Å². The lowest BCUT2D eigenvalue weighted by Gasteiger charge is -2.22. The number of esters is 4. The van der Waals surface area contributed by atoms with Crippen molar-refractivity contribution in [3.05, 3.63) is 0 Å². The Balaban J connectivity index is 2.92. The van der Waals surface area contributed by atoms with Crippen LogP contribution in [-0.2, 0) is 38.1 Å². The van der Waals surface area contributed by atoms with Crippen LogP contribution in [0.3, 0.4) is 0 Å². The molecule has 0 N–H and O–H groups in total. The highest BCUT2D eigenvalue weighted by Gasteiger charge is 2.32. The molecule has 8 heteroatoms. The summed E-state index contributed by atoms with van der Waals surface area (Å²) in [7, 11) is 0. The highest BCUT2D eigenvalue weighted by atomic mass is 16.7. The summed E-state index contributed by atoms with van der Waals surface area (Å²) in [6.07, 6.45) is -4.90. The van der Waals surface area contributed by atoms with Gasteiger partial charge in [0.25, 0.3) is 0 Å². The summed E-state index contributed by atoms with van der Waals surface area (Å²) in [6, 6.07) is 0. The molecule has 0 aromatic carbocycles. The number of hydrogen-bond donors (Lipinski definition) is 0. The summed E-state index contributed by atoms with van der Waals surface area (Å²) in [5, 5.41) is 0. The molecule has 0 saturated carbocycles. The Labute approximate surface area is 115 Å². The van der Waals surface area contributed by atoms with E-state index in [1.807, 2.05) is 0 Å². The van der Waals surface area contributed by atoms with Crippen LogP contribution in [0.4, 0.5) is 0 Å². The van der Waals surface area contributed by atoms with Gasteiger partial charge in [-0.1, -0.05) is 0 Å². The van der Waals surface area contributed by atoms with E-state index in [1.165, 1.54) is 27.7 Å². The SMILES string of the molecule is C[C@@H]1OC(=O)[C@H](C)OC(=O)[C@H](C)OC(=O)[C@H](C)OC1=O. The Kier molecular flexibility index (Phi) is 5.06. The molecule has 1 heterocycles. The highest BCUT2D eigenvalue weighted by molar-refractivity contribution is 5.87. The first-order valence-electron chi connectivity index (χ1n) is 6.04. The van der Waals surface area contributed by atoms with Crippen LogP contribution in [0.25, 0.3) is 0 Å². The molecule has 4 atom stereocenters. The lowest BCUT2D eigenvalue weighted by Crippen LogP contribution is -2.40. The van der Waals surface area contributed by atoms with E-state index in [0.717, 1.165) is 0 Å². The third kappa shape index (κ3) is 3.94. The van der Waals surface area contributed by atoms with Crippen molar-refractivity contribution in [1.29, 1.82) is 0 Å². The van der Waals surface area contributed by atoms with Crippen LogP contribution in [0.5, 0.6) is 0 Å². The van der Waals surface area contributed by atoms with Gasteiger partial charge in [-0.25, -0.2) is 19.2 Å². The van der Waals surface area contributed by atoms with Crippen LogP contribution in [0.15, 0.2) is 0 Å². The van der Waals surface area contributed by atoms with Gasteiger partial charge in [-0.05, 0) is 27.7 Å². The number of ether oxygens (including phenoxy) is 4. The molecular weight excluding hydrogens is 272 g/mol. The maximum atomic E-state index is 11.6. The van der Waals surface area contributed by atoms with E-state index < -0.39 is 48.3 Å². The third-order valence-corrected chi connectivity index (χ3v) is 2.50. The fourth-order valence-corrected chi connectivity index (χ4v) is 1.27. The summed E-state index contributed by atoms with van der Waals surface area (Å²) in [4.78, 5) is 46.3. The second kappa shape index (κ2) is 6.36. The van der Waals surface area contributed by atoms with Crippen LogP contribution >= 0.6 is 0 Å². The van der Waals surface area contributed by atoms with Crippen LogP contribution < -0.4 is 0 Å². The summed E-state index contributed by atoms with van der Waals surface area (Å²) in [6.45, 7) is 5.12. The van der Waals surface area contributed by atoms with Gasteiger partial charge in [0, 0.05) is 0 Å². The topological polar surface area (TPSA) is 105 Å². The van der Waals surface area contributed by atoms with E-state index in [0.29, 0.717) is 0 Å². The minimum absolute atomic E-state index is 0.894. The monoisotopic (exact) mass is 288 g/mol. The molecule has 112 valence electrons. The summed E-state index contributed by atoms with van der Waals surface area (Å²) in [5.74, 6) is -3.58. The number of carbonyl (C=O) groups is 4. The Hall–Kier alpha value is -2.12. The van der Waals surface area contributed by atoms with Gasteiger partial charge in [0.05, 0.1) is 0 Å². The number of rotatable bonds is 0. The van der Waals surface area contributed by atoms with Crippen molar-refractivity contribution in [2.45, 2.75) is 52.1 Å². The molecule has 0 aromatic rings. The molecule has 0 unspecified atom stereocenters. The van der Waals surface area contributed by atoms with Crippen molar-refractivity contribution in [3.8, 4) is 0 Å². The second-order valence-corrected chi connectivity index (χ2v) is 4.32. The van der Waals surface area contributed by atoms with Crippen molar-refractivity contribution in [1.82, 2.24) is 0 Å².